The van der Waals surface area contributed by atoms with Crippen molar-refractivity contribution in [2.45, 2.75) is 80.7 Å². The fraction of sp³-hybridized carbons (Fsp3) is 0.875. The molecule has 8 heteroatoms. The molecule has 1 spiro atoms. The highest BCUT2D eigenvalue weighted by Crippen LogP contribution is 2.67. The zero-order chi connectivity index (χ0) is 17.5. The lowest BCUT2D eigenvalue weighted by Gasteiger charge is -2.44. The van der Waals surface area contributed by atoms with E-state index in [2.05, 4.69) is 0 Å². The minimum absolute atomic E-state index is 0.0948. The topological polar surface area (TPSA) is 101 Å². The number of hydrogen-bond acceptors (Lipinski definition) is 5. The van der Waals surface area contributed by atoms with Gasteiger partial charge in [-0.1, -0.05) is 19.3 Å². The van der Waals surface area contributed by atoms with E-state index in [1.165, 1.54) is 20.3 Å². The van der Waals surface area contributed by atoms with Gasteiger partial charge in [-0.25, -0.2) is 13.2 Å². The largest absolute Gasteiger partial charge is 0.480 e. The van der Waals surface area contributed by atoms with Gasteiger partial charge in [0.05, 0.1) is 17.0 Å². The van der Waals surface area contributed by atoms with Crippen molar-refractivity contribution >= 4 is 21.7 Å². The van der Waals surface area contributed by atoms with Gasteiger partial charge in [0.15, 0.2) is 15.2 Å². The van der Waals surface area contributed by atoms with Gasteiger partial charge in [0.2, 0.25) is 5.91 Å². The molecule has 2 saturated carbocycles. The molecule has 24 heavy (non-hydrogen) atoms. The van der Waals surface area contributed by atoms with Crippen molar-refractivity contribution in [1.82, 2.24) is 4.90 Å². The Balaban J connectivity index is 1.61. The van der Waals surface area contributed by atoms with Crippen LogP contribution in [0, 0.1) is 5.41 Å². The summed E-state index contributed by atoms with van der Waals surface area (Å²) in [4.78, 5) is 25.3. The van der Waals surface area contributed by atoms with Crippen LogP contribution >= 0.6 is 0 Å². The van der Waals surface area contributed by atoms with Crippen LogP contribution in [0.4, 0.5) is 0 Å². The highest BCUT2D eigenvalue weighted by atomic mass is 32.2. The van der Waals surface area contributed by atoms with Crippen LogP contribution in [0.25, 0.3) is 0 Å². The highest BCUT2D eigenvalue weighted by Gasteiger charge is 2.86. The minimum atomic E-state index is -3.77. The second-order valence-corrected chi connectivity index (χ2v) is 10.7. The molecular weight excluding hydrogens is 334 g/mol. The quantitative estimate of drug-likeness (QED) is 0.754. The first kappa shape index (κ1) is 16.3. The fourth-order valence-corrected chi connectivity index (χ4v) is 7.36. The molecule has 7 nitrogen and oxygen atoms in total. The normalized spacial score (nSPS) is 42.7. The standard InChI is InChI=1S/C16H23NO6S/c1-15(2)11(12(18)19)17-13(20)16(14(17)24(15,21)22)8-10(16)23-9-6-4-3-5-7-9/h9-11,14H,3-8H2,1-2H3,(H,18,19)/t10?,11-,14+,16+/m0/s1. The molecule has 0 radical (unpaired) electrons. The number of hydrogen-bond donors (Lipinski definition) is 1. The molecule has 134 valence electrons. The van der Waals surface area contributed by atoms with Crippen LogP contribution in [0.5, 0.6) is 0 Å². The van der Waals surface area contributed by atoms with Gasteiger partial charge in [-0.3, -0.25) is 4.79 Å². The molecule has 4 atom stereocenters. The van der Waals surface area contributed by atoms with Gasteiger partial charge >= 0.3 is 5.97 Å². The van der Waals surface area contributed by atoms with Crippen LogP contribution < -0.4 is 0 Å². The third-order valence-corrected chi connectivity index (χ3v) is 9.30. The number of nitrogens with zero attached hydrogens (tertiary/aromatic N) is 1. The zero-order valence-electron chi connectivity index (χ0n) is 13.9. The number of carboxylic acid groups (broad SMARTS) is 1. The van der Waals surface area contributed by atoms with Crippen molar-refractivity contribution in [2.75, 3.05) is 0 Å². The number of ether oxygens (including phenoxy) is 1. The number of carbonyl (C=O) groups excluding carboxylic acids is 1. The van der Waals surface area contributed by atoms with Gasteiger partial charge in [-0.05, 0) is 33.1 Å². The fourth-order valence-electron chi connectivity index (χ4n) is 4.84. The van der Waals surface area contributed by atoms with Crippen molar-refractivity contribution in [1.29, 1.82) is 0 Å². The molecule has 2 aliphatic heterocycles. The van der Waals surface area contributed by atoms with E-state index in [9.17, 15) is 23.1 Å². The second kappa shape index (κ2) is 4.72. The van der Waals surface area contributed by atoms with Crippen LogP contribution in [-0.2, 0) is 24.2 Å². The summed E-state index contributed by atoms with van der Waals surface area (Å²) in [5, 5.41) is 8.41. The molecule has 4 fully saturated rings. The molecule has 0 aromatic heterocycles. The van der Waals surface area contributed by atoms with Gasteiger partial charge in [-0.15, -0.1) is 0 Å². The number of aliphatic carboxylic acids is 1. The van der Waals surface area contributed by atoms with Crippen molar-refractivity contribution in [3.05, 3.63) is 0 Å². The summed E-state index contributed by atoms with van der Waals surface area (Å²) in [6, 6.07) is -1.32. The number of fused-ring (bicyclic) bond motifs is 2. The molecular formula is C16H23NO6S. The van der Waals surface area contributed by atoms with Crippen LogP contribution in [0.1, 0.15) is 52.4 Å². The maximum atomic E-state index is 12.9. The van der Waals surface area contributed by atoms with E-state index in [0.717, 1.165) is 30.6 Å². The highest BCUT2D eigenvalue weighted by molar-refractivity contribution is 7.94. The Morgan fingerprint density at radius 1 is 1.25 bits per heavy atom. The maximum Gasteiger partial charge on any atom is 0.328 e. The molecule has 4 aliphatic rings. The number of sulfone groups is 1. The Morgan fingerprint density at radius 2 is 1.88 bits per heavy atom. The maximum absolute atomic E-state index is 12.9. The lowest BCUT2D eigenvalue weighted by atomic mass is 9.89. The number of amides is 1. The van der Waals surface area contributed by atoms with Gasteiger partial charge in [0.25, 0.3) is 0 Å². The third kappa shape index (κ3) is 1.73. The Kier molecular flexibility index (Phi) is 3.21. The molecule has 0 bridgehead atoms. The number of carboxylic acids is 1. The van der Waals surface area contributed by atoms with E-state index in [1.807, 2.05) is 0 Å². The summed E-state index contributed by atoms with van der Waals surface area (Å²) in [5.74, 6) is -1.63. The van der Waals surface area contributed by atoms with Gasteiger partial charge in [0, 0.05) is 0 Å². The Hall–Kier alpha value is -1.15. The SMILES string of the molecule is CC1(C)[C@H](C(=O)O)N2C(=O)[C@]3(CC3OC3CCCCC3)[C@H]2S1(=O)=O. The van der Waals surface area contributed by atoms with E-state index in [-0.39, 0.29) is 18.1 Å². The van der Waals surface area contributed by atoms with Crippen LogP contribution in [0.3, 0.4) is 0 Å². The van der Waals surface area contributed by atoms with E-state index in [1.54, 1.807) is 0 Å². The summed E-state index contributed by atoms with van der Waals surface area (Å²) < 4.78 is 30.4. The lowest BCUT2D eigenvalue weighted by molar-refractivity contribution is -0.169. The molecule has 4 rings (SSSR count). The van der Waals surface area contributed by atoms with Crippen LogP contribution in [0.15, 0.2) is 0 Å². The minimum Gasteiger partial charge on any atom is -0.480 e. The predicted octanol–water partition coefficient (Wildman–Crippen LogP) is 0.923. The predicted molar refractivity (Wildman–Crippen MR) is 83.9 cm³/mol. The summed E-state index contributed by atoms with van der Waals surface area (Å²) in [7, 11) is -3.77. The molecule has 0 aromatic rings. The molecule has 2 saturated heterocycles. The number of rotatable bonds is 3. The summed E-state index contributed by atoms with van der Waals surface area (Å²) >= 11 is 0. The van der Waals surface area contributed by atoms with Crippen molar-refractivity contribution in [3.63, 3.8) is 0 Å². The summed E-state index contributed by atoms with van der Waals surface area (Å²) in [6.45, 7) is 2.81. The third-order valence-electron chi connectivity index (χ3n) is 6.37. The Morgan fingerprint density at radius 3 is 2.46 bits per heavy atom. The first-order valence-corrected chi connectivity index (χ1v) is 10.1. The smallest absolute Gasteiger partial charge is 0.328 e. The second-order valence-electron chi connectivity index (χ2n) is 8.08. The van der Waals surface area contributed by atoms with E-state index < -0.39 is 37.4 Å². The van der Waals surface area contributed by atoms with Crippen LogP contribution in [0.2, 0.25) is 0 Å². The van der Waals surface area contributed by atoms with E-state index >= 15 is 0 Å². The first-order valence-electron chi connectivity index (χ1n) is 8.60. The van der Waals surface area contributed by atoms with E-state index in [0.29, 0.717) is 6.42 Å². The van der Waals surface area contributed by atoms with Gasteiger partial charge in [0.1, 0.15) is 11.5 Å². The van der Waals surface area contributed by atoms with E-state index in [4.69, 9.17) is 4.74 Å². The monoisotopic (exact) mass is 357 g/mol. The average molecular weight is 357 g/mol. The molecule has 1 unspecified atom stereocenters. The summed E-state index contributed by atoms with van der Waals surface area (Å²) in [5.41, 5.74) is -1.03. The molecule has 2 heterocycles. The Labute approximate surface area is 141 Å². The molecule has 0 aromatic carbocycles. The zero-order valence-corrected chi connectivity index (χ0v) is 14.7. The van der Waals surface area contributed by atoms with Crippen molar-refractivity contribution in [3.8, 4) is 0 Å². The molecule has 1 amide bonds. The number of β-lactam (4-membered cyclic amide) rings is 1. The molecule has 2 aliphatic carbocycles. The molecule has 1 N–H and O–H groups in total. The average Bonchev–Trinajstić information content (AvgIpc) is 3.19. The van der Waals surface area contributed by atoms with Crippen molar-refractivity contribution in [2.24, 2.45) is 5.41 Å². The summed E-state index contributed by atoms with van der Waals surface area (Å²) in [6.07, 6.45) is 5.39. The van der Waals surface area contributed by atoms with Crippen molar-refractivity contribution < 1.29 is 27.9 Å². The lowest BCUT2D eigenvalue weighted by Crippen LogP contribution is -2.66. The Bertz CT molecular complexity index is 710. The first-order chi connectivity index (χ1) is 11.2. The van der Waals surface area contributed by atoms with Crippen LogP contribution in [-0.4, -0.2) is 58.7 Å². The van der Waals surface area contributed by atoms with Gasteiger partial charge in [-0.2, -0.15) is 0 Å². The number of carbonyl (C=O) groups is 2. The van der Waals surface area contributed by atoms with Gasteiger partial charge < -0.3 is 14.7 Å².